The minimum Gasteiger partial charge on any atom is -0.478 e. The zero-order valence-electron chi connectivity index (χ0n) is 16.3. The van der Waals surface area contributed by atoms with Crippen molar-refractivity contribution in [1.82, 2.24) is 19.8 Å². The van der Waals surface area contributed by atoms with Crippen LogP contribution in [0.5, 0.6) is 5.88 Å². The number of thiophene rings is 1. The first-order valence-corrected chi connectivity index (χ1v) is 10.9. The summed E-state index contributed by atoms with van der Waals surface area (Å²) in [6.45, 7) is 7.22. The van der Waals surface area contributed by atoms with Crippen LogP contribution in [0.1, 0.15) is 30.7 Å². The molecule has 1 amide bonds. The van der Waals surface area contributed by atoms with E-state index in [1.807, 2.05) is 6.92 Å². The summed E-state index contributed by atoms with van der Waals surface area (Å²) in [5.74, 6) is 1.56. The van der Waals surface area contributed by atoms with Gasteiger partial charge in [-0.25, -0.2) is 4.98 Å². The molecule has 4 heterocycles. The molecule has 0 saturated carbocycles. The number of likely N-dealkylation sites (tertiary alicyclic amines) is 1. The summed E-state index contributed by atoms with van der Waals surface area (Å²) in [7, 11) is 0. The highest BCUT2D eigenvalue weighted by Crippen LogP contribution is 2.34. The second kappa shape index (κ2) is 8.87. The van der Waals surface area contributed by atoms with Crippen molar-refractivity contribution in [1.29, 1.82) is 0 Å². The van der Waals surface area contributed by atoms with Crippen molar-refractivity contribution in [2.45, 2.75) is 25.8 Å². The van der Waals surface area contributed by atoms with Crippen molar-refractivity contribution in [2.75, 3.05) is 50.8 Å². The highest BCUT2D eigenvalue weighted by Gasteiger charge is 2.32. The van der Waals surface area contributed by atoms with Gasteiger partial charge in [0.1, 0.15) is 0 Å². The molecule has 8 heteroatoms. The fourth-order valence-electron chi connectivity index (χ4n) is 3.94. The number of anilines is 1. The number of ether oxygens (including phenoxy) is 1. The molecule has 150 valence electrons. The van der Waals surface area contributed by atoms with Crippen LogP contribution in [0.25, 0.3) is 0 Å². The Kier molecular flexibility index (Phi) is 6.07. The molecule has 7 nitrogen and oxygen atoms in total. The van der Waals surface area contributed by atoms with E-state index in [4.69, 9.17) is 4.74 Å². The van der Waals surface area contributed by atoms with E-state index in [0.29, 0.717) is 25.0 Å². The third-order valence-electron chi connectivity index (χ3n) is 5.37. The number of amides is 1. The van der Waals surface area contributed by atoms with Gasteiger partial charge in [0.25, 0.3) is 0 Å². The summed E-state index contributed by atoms with van der Waals surface area (Å²) >= 11 is 1.75. The Morgan fingerprint density at radius 3 is 2.86 bits per heavy atom. The van der Waals surface area contributed by atoms with Gasteiger partial charge in [-0.15, -0.1) is 11.3 Å². The van der Waals surface area contributed by atoms with Gasteiger partial charge in [0.05, 0.1) is 19.2 Å². The van der Waals surface area contributed by atoms with Gasteiger partial charge in [0.2, 0.25) is 17.7 Å². The van der Waals surface area contributed by atoms with Gasteiger partial charge in [-0.3, -0.25) is 9.69 Å². The largest absolute Gasteiger partial charge is 0.478 e. The molecule has 2 saturated heterocycles. The fraction of sp³-hybridized carbons (Fsp3) is 0.550. The van der Waals surface area contributed by atoms with E-state index >= 15 is 0 Å². The maximum atomic E-state index is 12.9. The van der Waals surface area contributed by atoms with Gasteiger partial charge in [-0.05, 0) is 31.2 Å². The average molecular weight is 402 g/mol. The number of hydrogen-bond acceptors (Lipinski definition) is 7. The maximum absolute atomic E-state index is 12.9. The van der Waals surface area contributed by atoms with Crippen LogP contribution in [0.15, 0.2) is 29.8 Å². The van der Waals surface area contributed by atoms with E-state index in [9.17, 15) is 4.79 Å². The molecule has 0 aromatic carbocycles. The third-order valence-corrected chi connectivity index (χ3v) is 6.34. The Morgan fingerprint density at radius 2 is 2.11 bits per heavy atom. The normalized spacial score (nSPS) is 20.5. The van der Waals surface area contributed by atoms with E-state index in [2.05, 4.69) is 42.2 Å². The molecule has 0 N–H and O–H groups in total. The first-order valence-electron chi connectivity index (χ1n) is 10.0. The molecular formula is C20H27N5O2S. The van der Waals surface area contributed by atoms with Crippen molar-refractivity contribution in [3.05, 3.63) is 34.7 Å². The first-order chi connectivity index (χ1) is 13.7. The van der Waals surface area contributed by atoms with Crippen LogP contribution >= 0.6 is 11.3 Å². The zero-order chi connectivity index (χ0) is 19.3. The van der Waals surface area contributed by atoms with Crippen LogP contribution in [0.2, 0.25) is 0 Å². The molecule has 2 fully saturated rings. The molecule has 2 aromatic rings. The number of carbonyl (C=O) groups excluding carboxylic acids is 1. The molecule has 0 spiro atoms. The second-order valence-corrected chi connectivity index (χ2v) is 8.13. The zero-order valence-corrected chi connectivity index (χ0v) is 17.1. The minimum absolute atomic E-state index is 0.249. The van der Waals surface area contributed by atoms with Gasteiger partial charge in [-0.2, -0.15) is 4.98 Å². The molecule has 28 heavy (non-hydrogen) atoms. The number of piperazine rings is 1. The first kappa shape index (κ1) is 19.1. The van der Waals surface area contributed by atoms with Gasteiger partial charge in [0.15, 0.2) is 0 Å². The van der Waals surface area contributed by atoms with Crippen LogP contribution in [0, 0.1) is 0 Å². The van der Waals surface area contributed by atoms with Crippen molar-refractivity contribution < 1.29 is 9.53 Å². The molecule has 2 aliphatic heterocycles. The molecule has 2 aliphatic rings. The predicted octanol–water partition coefficient (Wildman–Crippen LogP) is 2.42. The van der Waals surface area contributed by atoms with Crippen molar-refractivity contribution in [3.63, 3.8) is 0 Å². The average Bonchev–Trinajstić information content (AvgIpc) is 3.40. The minimum atomic E-state index is 0.249. The lowest BCUT2D eigenvalue weighted by molar-refractivity contribution is -0.133. The molecule has 0 bridgehead atoms. The quantitative estimate of drug-likeness (QED) is 0.741. The predicted molar refractivity (Wildman–Crippen MR) is 110 cm³/mol. The Bertz CT molecular complexity index is 777. The smallest absolute Gasteiger partial charge is 0.237 e. The van der Waals surface area contributed by atoms with E-state index in [1.165, 1.54) is 4.88 Å². The fourth-order valence-corrected chi connectivity index (χ4v) is 4.82. The molecule has 0 radical (unpaired) electrons. The lowest BCUT2D eigenvalue weighted by Crippen LogP contribution is -2.50. The Hall–Kier alpha value is -2.19. The van der Waals surface area contributed by atoms with E-state index < -0.39 is 0 Å². The SMILES string of the molecule is CCOc1ccnc(N2CCN(CC(=O)N3CCCC3c3cccs3)CC2)n1. The summed E-state index contributed by atoms with van der Waals surface area (Å²) in [4.78, 5) is 29.6. The second-order valence-electron chi connectivity index (χ2n) is 7.15. The lowest BCUT2D eigenvalue weighted by atomic mass is 10.2. The molecule has 1 unspecified atom stereocenters. The highest BCUT2D eigenvalue weighted by atomic mass is 32.1. The number of rotatable bonds is 6. The van der Waals surface area contributed by atoms with Crippen molar-refractivity contribution >= 4 is 23.2 Å². The van der Waals surface area contributed by atoms with Crippen LogP contribution in [-0.2, 0) is 4.79 Å². The van der Waals surface area contributed by atoms with Crippen molar-refractivity contribution in [2.24, 2.45) is 0 Å². The van der Waals surface area contributed by atoms with Gasteiger partial charge < -0.3 is 14.5 Å². The molecule has 1 atom stereocenters. The third kappa shape index (κ3) is 4.28. The Labute approximate surface area is 169 Å². The molecule has 4 rings (SSSR count). The number of aromatic nitrogens is 2. The van der Waals surface area contributed by atoms with Crippen LogP contribution in [0.4, 0.5) is 5.95 Å². The molecule has 2 aromatic heterocycles. The monoisotopic (exact) mass is 401 g/mol. The van der Waals surface area contributed by atoms with Crippen LogP contribution < -0.4 is 9.64 Å². The molecule has 0 aliphatic carbocycles. The molecular weight excluding hydrogens is 374 g/mol. The lowest BCUT2D eigenvalue weighted by Gasteiger charge is -2.35. The summed E-state index contributed by atoms with van der Waals surface area (Å²) in [6, 6.07) is 6.27. The van der Waals surface area contributed by atoms with Crippen molar-refractivity contribution in [3.8, 4) is 5.88 Å². The highest BCUT2D eigenvalue weighted by molar-refractivity contribution is 7.10. The van der Waals surface area contributed by atoms with E-state index in [-0.39, 0.29) is 11.9 Å². The van der Waals surface area contributed by atoms with Crippen LogP contribution in [0.3, 0.4) is 0 Å². The van der Waals surface area contributed by atoms with Gasteiger partial charge in [0, 0.05) is 49.9 Å². The maximum Gasteiger partial charge on any atom is 0.237 e. The Morgan fingerprint density at radius 1 is 1.25 bits per heavy atom. The van der Waals surface area contributed by atoms with Gasteiger partial charge in [-0.1, -0.05) is 6.07 Å². The van der Waals surface area contributed by atoms with E-state index in [0.717, 1.165) is 45.6 Å². The topological polar surface area (TPSA) is 61.8 Å². The number of carbonyl (C=O) groups is 1. The van der Waals surface area contributed by atoms with Gasteiger partial charge >= 0.3 is 0 Å². The number of hydrogen-bond donors (Lipinski definition) is 0. The summed E-state index contributed by atoms with van der Waals surface area (Å²) in [5.41, 5.74) is 0. The standard InChI is InChI=1S/C20H27N5O2S/c1-2-27-18-7-8-21-20(22-18)24-12-10-23(11-13-24)15-19(26)25-9-3-5-16(25)17-6-4-14-28-17/h4,6-8,14,16H,2-3,5,9-13,15H2,1H3. The summed E-state index contributed by atoms with van der Waals surface area (Å²) in [5, 5.41) is 2.10. The number of nitrogens with zero attached hydrogens (tertiary/aromatic N) is 5. The Balaban J connectivity index is 1.31. The van der Waals surface area contributed by atoms with Crippen LogP contribution in [-0.4, -0.2) is 71.6 Å². The summed E-state index contributed by atoms with van der Waals surface area (Å²) < 4.78 is 5.47. The summed E-state index contributed by atoms with van der Waals surface area (Å²) in [6.07, 6.45) is 3.91. The van der Waals surface area contributed by atoms with E-state index in [1.54, 1.807) is 23.6 Å².